The van der Waals surface area contributed by atoms with E-state index >= 15 is 0 Å². The van der Waals surface area contributed by atoms with Gasteiger partial charge in [0.1, 0.15) is 17.5 Å². The molecule has 2 N–H and O–H groups in total. The molecule has 0 unspecified atom stereocenters. The number of nitrogens with zero attached hydrogens (tertiary/aromatic N) is 1. The molecule has 2 heterocycles. The summed E-state index contributed by atoms with van der Waals surface area (Å²) in [5, 5.41) is 5.43. The largest absolute Gasteiger partial charge is 0.379 e. The van der Waals surface area contributed by atoms with Gasteiger partial charge < -0.3 is 20.3 Å². The van der Waals surface area contributed by atoms with Gasteiger partial charge in [-0.05, 0) is 38.8 Å². The van der Waals surface area contributed by atoms with Crippen LogP contribution in [0.1, 0.15) is 48.5 Å². The number of carbonyl (C=O) groups excluding carboxylic acids is 3. The van der Waals surface area contributed by atoms with Gasteiger partial charge in [-0.25, -0.2) is 0 Å². The van der Waals surface area contributed by atoms with Crippen LogP contribution in [0.4, 0.5) is 0 Å². The Kier molecular flexibility index (Phi) is 6.61. The topological polar surface area (TPSA) is 87.7 Å². The minimum atomic E-state index is -0.664. The molecule has 0 aromatic heterocycles. The molecule has 3 amide bonds. The molecular weight excluding hydrogens is 378 g/mol. The molecule has 2 aliphatic rings. The number of rotatable bonds is 8. The zero-order valence-corrected chi connectivity index (χ0v) is 17.3. The first-order valence-electron chi connectivity index (χ1n) is 9.63. The third-order valence-electron chi connectivity index (χ3n) is 4.82. The number of hydrogen-bond acceptors (Lipinski definition) is 5. The SMILES string of the molecule is CC(C)OCCCNC(=O)[C@H](C)NC(=O)[C@@H]1CS[C@@H]2c3ccccc3C(=O)N21. The quantitative estimate of drug-likeness (QED) is 0.643. The van der Waals surface area contributed by atoms with Crippen molar-refractivity contribution >= 4 is 29.5 Å². The van der Waals surface area contributed by atoms with E-state index in [1.165, 1.54) is 0 Å². The van der Waals surface area contributed by atoms with E-state index in [0.717, 1.165) is 5.56 Å². The molecule has 152 valence electrons. The highest BCUT2D eigenvalue weighted by atomic mass is 32.2. The van der Waals surface area contributed by atoms with E-state index in [1.54, 1.807) is 29.7 Å². The second kappa shape index (κ2) is 8.96. The Morgan fingerprint density at radius 2 is 2.04 bits per heavy atom. The summed E-state index contributed by atoms with van der Waals surface area (Å²) in [6, 6.07) is 6.24. The molecule has 1 saturated heterocycles. The minimum absolute atomic E-state index is 0.118. The molecule has 0 aliphatic carbocycles. The number of amides is 3. The summed E-state index contributed by atoms with van der Waals surface area (Å²) >= 11 is 1.58. The van der Waals surface area contributed by atoms with E-state index in [2.05, 4.69) is 10.6 Å². The molecule has 0 saturated carbocycles. The van der Waals surface area contributed by atoms with Crippen LogP contribution in [0.5, 0.6) is 0 Å². The van der Waals surface area contributed by atoms with Crippen LogP contribution in [-0.4, -0.2) is 59.7 Å². The van der Waals surface area contributed by atoms with Gasteiger partial charge in [-0.2, -0.15) is 0 Å². The smallest absolute Gasteiger partial charge is 0.256 e. The molecule has 3 atom stereocenters. The van der Waals surface area contributed by atoms with E-state index in [4.69, 9.17) is 4.74 Å². The predicted molar refractivity (Wildman–Crippen MR) is 108 cm³/mol. The lowest BCUT2D eigenvalue weighted by atomic mass is 10.1. The first-order valence-corrected chi connectivity index (χ1v) is 10.7. The minimum Gasteiger partial charge on any atom is -0.379 e. The summed E-state index contributed by atoms with van der Waals surface area (Å²) in [4.78, 5) is 39.3. The van der Waals surface area contributed by atoms with Gasteiger partial charge in [-0.1, -0.05) is 18.2 Å². The van der Waals surface area contributed by atoms with E-state index in [9.17, 15) is 14.4 Å². The lowest BCUT2D eigenvalue weighted by Gasteiger charge is -2.24. The maximum Gasteiger partial charge on any atom is 0.256 e. The third kappa shape index (κ3) is 4.33. The molecule has 3 rings (SSSR count). The normalized spacial score (nSPS) is 21.4. The standard InChI is InChI=1S/C20H27N3O4S/c1-12(2)27-10-6-9-21-17(24)13(3)22-18(25)16-11-28-20-15-8-5-4-7-14(15)19(26)23(16)20/h4-5,7-8,12-13,16,20H,6,9-11H2,1-3H3,(H,21,24)(H,22,25)/t13-,16-,20+/m0/s1. The summed E-state index contributed by atoms with van der Waals surface area (Å²) < 4.78 is 5.43. The Hall–Kier alpha value is -2.06. The van der Waals surface area contributed by atoms with E-state index in [-0.39, 0.29) is 29.2 Å². The maximum atomic E-state index is 12.7. The van der Waals surface area contributed by atoms with Gasteiger partial charge in [0.05, 0.1) is 6.10 Å². The first-order chi connectivity index (χ1) is 13.4. The molecule has 7 nitrogen and oxygen atoms in total. The number of hydrogen-bond donors (Lipinski definition) is 2. The second-order valence-corrected chi connectivity index (χ2v) is 8.41. The molecule has 8 heteroatoms. The molecule has 1 aromatic rings. The van der Waals surface area contributed by atoms with Crippen molar-refractivity contribution in [3.8, 4) is 0 Å². The summed E-state index contributed by atoms with van der Waals surface area (Å²) in [6.07, 6.45) is 0.882. The van der Waals surface area contributed by atoms with Crippen molar-refractivity contribution in [2.75, 3.05) is 18.9 Å². The van der Waals surface area contributed by atoms with Gasteiger partial charge in [-0.3, -0.25) is 14.4 Å². The summed E-state index contributed by atoms with van der Waals surface area (Å²) in [5.74, 6) is -0.122. The Morgan fingerprint density at radius 1 is 1.29 bits per heavy atom. The van der Waals surface area contributed by atoms with Crippen molar-refractivity contribution in [3.05, 3.63) is 35.4 Å². The highest BCUT2D eigenvalue weighted by Gasteiger charge is 2.48. The summed E-state index contributed by atoms with van der Waals surface area (Å²) in [5.41, 5.74) is 1.62. The third-order valence-corrected chi connectivity index (χ3v) is 6.12. The molecule has 2 aliphatic heterocycles. The lowest BCUT2D eigenvalue weighted by Crippen LogP contribution is -2.52. The first kappa shape index (κ1) is 20.7. The highest BCUT2D eigenvalue weighted by Crippen LogP contribution is 2.48. The monoisotopic (exact) mass is 405 g/mol. The zero-order valence-electron chi connectivity index (χ0n) is 16.4. The van der Waals surface area contributed by atoms with Crippen molar-refractivity contribution < 1.29 is 19.1 Å². The second-order valence-electron chi connectivity index (χ2n) is 7.30. The number of carbonyl (C=O) groups is 3. The Balaban J connectivity index is 1.50. The number of ether oxygens (including phenoxy) is 1. The molecule has 1 aromatic carbocycles. The fraction of sp³-hybridized carbons (Fsp3) is 0.550. The Bertz CT molecular complexity index is 755. The average molecular weight is 406 g/mol. The number of benzene rings is 1. The van der Waals surface area contributed by atoms with Gasteiger partial charge >= 0.3 is 0 Å². The van der Waals surface area contributed by atoms with Crippen molar-refractivity contribution in [2.45, 2.75) is 50.8 Å². The van der Waals surface area contributed by atoms with Crippen LogP contribution in [0.2, 0.25) is 0 Å². The van der Waals surface area contributed by atoms with Crippen LogP contribution in [0, 0.1) is 0 Å². The van der Waals surface area contributed by atoms with Gasteiger partial charge in [-0.15, -0.1) is 11.8 Å². The molecular formula is C20H27N3O4S. The van der Waals surface area contributed by atoms with Crippen molar-refractivity contribution in [2.24, 2.45) is 0 Å². The molecule has 0 spiro atoms. The predicted octanol–water partition coefficient (Wildman–Crippen LogP) is 1.69. The molecule has 0 bridgehead atoms. The van der Waals surface area contributed by atoms with E-state index in [1.807, 2.05) is 32.0 Å². The van der Waals surface area contributed by atoms with Crippen molar-refractivity contribution in [3.63, 3.8) is 0 Å². The van der Waals surface area contributed by atoms with Crippen LogP contribution in [0.25, 0.3) is 0 Å². The van der Waals surface area contributed by atoms with Crippen LogP contribution < -0.4 is 10.6 Å². The van der Waals surface area contributed by atoms with Crippen LogP contribution in [0.3, 0.4) is 0 Å². The fourth-order valence-electron chi connectivity index (χ4n) is 3.37. The van der Waals surface area contributed by atoms with Gasteiger partial charge in [0, 0.05) is 24.5 Å². The van der Waals surface area contributed by atoms with Gasteiger partial charge in [0.15, 0.2) is 0 Å². The Labute approximate surface area is 169 Å². The average Bonchev–Trinajstić information content (AvgIpc) is 3.21. The number of nitrogens with one attached hydrogen (secondary N) is 2. The summed E-state index contributed by atoms with van der Waals surface area (Å²) in [6.45, 7) is 6.65. The van der Waals surface area contributed by atoms with Crippen molar-refractivity contribution in [1.29, 1.82) is 0 Å². The van der Waals surface area contributed by atoms with Gasteiger partial charge in [0.2, 0.25) is 11.8 Å². The molecule has 0 radical (unpaired) electrons. The summed E-state index contributed by atoms with van der Waals surface area (Å²) in [7, 11) is 0. The Morgan fingerprint density at radius 3 is 2.79 bits per heavy atom. The maximum absolute atomic E-state index is 12.7. The lowest BCUT2D eigenvalue weighted by molar-refractivity contribution is -0.130. The number of fused-ring (bicyclic) bond motifs is 3. The van der Waals surface area contributed by atoms with Crippen LogP contribution >= 0.6 is 11.8 Å². The zero-order chi connectivity index (χ0) is 20.3. The van der Waals surface area contributed by atoms with Crippen LogP contribution in [-0.2, 0) is 14.3 Å². The molecule has 28 heavy (non-hydrogen) atoms. The fourth-order valence-corrected chi connectivity index (χ4v) is 4.84. The molecule has 1 fully saturated rings. The highest BCUT2D eigenvalue weighted by molar-refractivity contribution is 7.99. The van der Waals surface area contributed by atoms with E-state index < -0.39 is 12.1 Å². The van der Waals surface area contributed by atoms with Gasteiger partial charge in [0.25, 0.3) is 5.91 Å². The number of thioether (sulfide) groups is 1. The van der Waals surface area contributed by atoms with Crippen molar-refractivity contribution in [1.82, 2.24) is 15.5 Å². The van der Waals surface area contributed by atoms with Crippen LogP contribution in [0.15, 0.2) is 24.3 Å². The van der Waals surface area contributed by atoms with E-state index in [0.29, 0.717) is 30.9 Å².